The summed E-state index contributed by atoms with van der Waals surface area (Å²) in [4.78, 5) is 0. The standard InChI is InChI=1S/C14H20O5S/c1-3-20(17,18)13-12(14(13,8-15)9-16)10-4-6-11(19-2)7-5-10/h4-7,12-13,15-16H,3,8-9H2,1-2H3/t12-,13+/m1/s1. The number of hydrogen-bond donors (Lipinski definition) is 2. The lowest BCUT2D eigenvalue weighted by Gasteiger charge is -2.11. The van der Waals surface area contributed by atoms with Gasteiger partial charge < -0.3 is 14.9 Å². The van der Waals surface area contributed by atoms with E-state index in [0.29, 0.717) is 5.75 Å². The quantitative estimate of drug-likeness (QED) is 0.802. The summed E-state index contributed by atoms with van der Waals surface area (Å²) in [6.07, 6.45) is 0. The number of aliphatic hydroxyl groups excluding tert-OH is 2. The predicted molar refractivity (Wildman–Crippen MR) is 75.6 cm³/mol. The Balaban J connectivity index is 2.38. The van der Waals surface area contributed by atoms with Gasteiger partial charge in [0.2, 0.25) is 0 Å². The summed E-state index contributed by atoms with van der Waals surface area (Å²) >= 11 is 0. The third-order valence-electron chi connectivity index (χ3n) is 4.23. The normalized spacial score (nSPS) is 24.4. The zero-order chi connectivity index (χ0) is 15.0. The molecule has 0 heterocycles. The van der Waals surface area contributed by atoms with Crippen molar-refractivity contribution in [3.63, 3.8) is 0 Å². The number of aliphatic hydroxyl groups is 2. The van der Waals surface area contributed by atoms with E-state index in [9.17, 15) is 18.6 Å². The fourth-order valence-electron chi connectivity index (χ4n) is 2.94. The van der Waals surface area contributed by atoms with Crippen molar-refractivity contribution in [1.82, 2.24) is 0 Å². The Labute approximate surface area is 119 Å². The average molecular weight is 300 g/mol. The minimum atomic E-state index is -3.32. The van der Waals surface area contributed by atoms with Crippen molar-refractivity contribution >= 4 is 9.84 Å². The first-order valence-electron chi connectivity index (χ1n) is 6.54. The molecule has 0 saturated heterocycles. The van der Waals surface area contributed by atoms with Crippen LogP contribution in [0.5, 0.6) is 5.75 Å². The van der Waals surface area contributed by atoms with Gasteiger partial charge in [-0.2, -0.15) is 0 Å². The molecule has 2 rings (SSSR count). The molecule has 0 spiro atoms. The molecule has 112 valence electrons. The Morgan fingerprint density at radius 2 is 1.75 bits per heavy atom. The van der Waals surface area contributed by atoms with Crippen LogP contribution in [-0.4, -0.2) is 50.0 Å². The Kier molecular flexibility index (Phi) is 4.09. The van der Waals surface area contributed by atoms with Crippen LogP contribution in [0.15, 0.2) is 24.3 Å². The molecule has 0 amide bonds. The van der Waals surface area contributed by atoms with Crippen LogP contribution in [0.2, 0.25) is 0 Å². The molecule has 2 N–H and O–H groups in total. The van der Waals surface area contributed by atoms with Gasteiger partial charge in [-0.3, -0.25) is 0 Å². The van der Waals surface area contributed by atoms with Gasteiger partial charge in [0, 0.05) is 17.1 Å². The molecule has 0 radical (unpaired) electrons. The monoisotopic (exact) mass is 300 g/mol. The van der Waals surface area contributed by atoms with Gasteiger partial charge in [-0.25, -0.2) is 8.42 Å². The van der Waals surface area contributed by atoms with E-state index in [4.69, 9.17) is 4.74 Å². The highest BCUT2D eigenvalue weighted by Crippen LogP contribution is 2.62. The van der Waals surface area contributed by atoms with Crippen molar-refractivity contribution in [2.75, 3.05) is 26.1 Å². The van der Waals surface area contributed by atoms with Gasteiger partial charge in [-0.05, 0) is 17.7 Å². The van der Waals surface area contributed by atoms with Gasteiger partial charge in [-0.15, -0.1) is 0 Å². The van der Waals surface area contributed by atoms with Gasteiger partial charge in [0.05, 0.1) is 25.6 Å². The molecule has 2 atom stereocenters. The number of benzene rings is 1. The van der Waals surface area contributed by atoms with Crippen molar-refractivity contribution in [2.45, 2.75) is 18.1 Å². The lowest BCUT2D eigenvalue weighted by Crippen LogP contribution is -2.23. The van der Waals surface area contributed by atoms with E-state index in [1.807, 2.05) is 0 Å². The largest absolute Gasteiger partial charge is 0.497 e. The summed E-state index contributed by atoms with van der Waals surface area (Å²) in [6, 6.07) is 7.08. The van der Waals surface area contributed by atoms with E-state index in [1.165, 1.54) is 0 Å². The molecular weight excluding hydrogens is 280 g/mol. The maximum Gasteiger partial charge on any atom is 0.154 e. The van der Waals surface area contributed by atoms with Crippen LogP contribution in [-0.2, 0) is 9.84 Å². The number of hydrogen-bond acceptors (Lipinski definition) is 5. The molecular formula is C14H20O5S. The average Bonchev–Trinajstić information content (AvgIpc) is 3.18. The lowest BCUT2D eigenvalue weighted by atomic mass is 10.0. The second-order valence-corrected chi connectivity index (χ2v) is 7.58. The van der Waals surface area contributed by atoms with Gasteiger partial charge in [0.15, 0.2) is 9.84 Å². The molecule has 0 unspecified atom stereocenters. The zero-order valence-corrected chi connectivity index (χ0v) is 12.4. The van der Waals surface area contributed by atoms with E-state index in [1.54, 1.807) is 38.3 Å². The van der Waals surface area contributed by atoms with Crippen molar-refractivity contribution in [2.24, 2.45) is 5.41 Å². The van der Waals surface area contributed by atoms with Crippen LogP contribution in [0, 0.1) is 5.41 Å². The lowest BCUT2D eigenvalue weighted by molar-refractivity contribution is 0.130. The number of rotatable bonds is 6. The number of methoxy groups -OCH3 is 1. The molecule has 1 aromatic carbocycles. The minimum Gasteiger partial charge on any atom is -0.497 e. The van der Waals surface area contributed by atoms with Crippen LogP contribution >= 0.6 is 0 Å². The summed E-state index contributed by atoms with van der Waals surface area (Å²) in [5, 5.41) is 18.4. The highest BCUT2D eigenvalue weighted by atomic mass is 32.2. The van der Waals surface area contributed by atoms with Gasteiger partial charge in [0.1, 0.15) is 5.75 Å². The van der Waals surface area contributed by atoms with E-state index in [-0.39, 0.29) is 24.9 Å². The molecule has 6 heteroatoms. The molecule has 1 aliphatic rings. The van der Waals surface area contributed by atoms with Crippen LogP contribution in [0.25, 0.3) is 0 Å². The fraction of sp³-hybridized carbons (Fsp3) is 0.571. The highest BCUT2D eigenvalue weighted by molar-refractivity contribution is 7.92. The number of sulfone groups is 1. The second-order valence-electron chi connectivity index (χ2n) is 5.17. The predicted octanol–water partition coefficient (Wildman–Crippen LogP) is 0.567. The SMILES string of the molecule is CCS(=O)(=O)[C@H]1[C@@H](c2ccc(OC)cc2)C1(CO)CO. The molecule has 1 fully saturated rings. The van der Waals surface area contributed by atoms with Crippen molar-refractivity contribution in [3.8, 4) is 5.75 Å². The Bertz CT molecular complexity index is 560. The third kappa shape index (κ3) is 2.21. The van der Waals surface area contributed by atoms with Crippen molar-refractivity contribution < 1.29 is 23.4 Å². The molecule has 20 heavy (non-hydrogen) atoms. The zero-order valence-electron chi connectivity index (χ0n) is 11.6. The topological polar surface area (TPSA) is 83.8 Å². The summed E-state index contributed by atoms with van der Waals surface area (Å²) in [5.74, 6) is 0.322. The molecule has 0 aromatic heterocycles. The summed E-state index contributed by atoms with van der Waals surface area (Å²) < 4.78 is 29.4. The molecule has 0 aliphatic heterocycles. The summed E-state index contributed by atoms with van der Waals surface area (Å²) in [5.41, 5.74) is -0.167. The Hall–Kier alpha value is -1.11. The first-order valence-corrected chi connectivity index (χ1v) is 8.25. The summed E-state index contributed by atoms with van der Waals surface area (Å²) in [7, 11) is -1.76. The van der Waals surface area contributed by atoms with Crippen molar-refractivity contribution in [3.05, 3.63) is 29.8 Å². The summed E-state index contributed by atoms with van der Waals surface area (Å²) in [6.45, 7) is 0.895. The maximum absolute atomic E-state index is 12.2. The van der Waals surface area contributed by atoms with Crippen molar-refractivity contribution in [1.29, 1.82) is 0 Å². The van der Waals surface area contributed by atoms with Gasteiger partial charge >= 0.3 is 0 Å². The van der Waals surface area contributed by atoms with E-state index < -0.39 is 20.5 Å². The molecule has 0 bridgehead atoms. The van der Waals surface area contributed by atoms with Crippen LogP contribution < -0.4 is 4.74 Å². The van der Waals surface area contributed by atoms with Crippen LogP contribution in [0.3, 0.4) is 0 Å². The van der Waals surface area contributed by atoms with Gasteiger partial charge in [0.25, 0.3) is 0 Å². The Morgan fingerprint density at radius 3 is 2.15 bits per heavy atom. The minimum absolute atomic E-state index is 0.00602. The second kappa shape index (κ2) is 5.35. The highest BCUT2D eigenvalue weighted by Gasteiger charge is 2.69. The molecule has 1 saturated carbocycles. The smallest absolute Gasteiger partial charge is 0.154 e. The fourth-order valence-corrected chi connectivity index (χ4v) is 5.08. The van der Waals surface area contributed by atoms with E-state index in [0.717, 1.165) is 5.56 Å². The van der Waals surface area contributed by atoms with Crippen LogP contribution in [0.1, 0.15) is 18.4 Å². The molecule has 1 aliphatic carbocycles. The number of ether oxygens (including phenoxy) is 1. The van der Waals surface area contributed by atoms with Crippen LogP contribution in [0.4, 0.5) is 0 Å². The first kappa shape index (κ1) is 15.3. The maximum atomic E-state index is 12.2. The molecule has 1 aromatic rings. The van der Waals surface area contributed by atoms with E-state index in [2.05, 4.69) is 0 Å². The Morgan fingerprint density at radius 1 is 1.20 bits per heavy atom. The van der Waals surface area contributed by atoms with E-state index >= 15 is 0 Å². The third-order valence-corrected chi connectivity index (χ3v) is 6.55. The van der Waals surface area contributed by atoms with Gasteiger partial charge in [-0.1, -0.05) is 19.1 Å². The first-order chi connectivity index (χ1) is 9.46. The molecule has 5 nitrogen and oxygen atoms in total.